The predicted molar refractivity (Wildman–Crippen MR) is 54.9 cm³/mol. The molecular formula is C10H19N3. The molecule has 0 bridgehead atoms. The second-order valence-corrected chi connectivity index (χ2v) is 3.42. The SMILES string of the molecule is CCn1cc(C(C)CCNC)cn1. The van der Waals surface area contributed by atoms with Crippen LogP contribution in [0.25, 0.3) is 0 Å². The number of hydrogen-bond donors (Lipinski definition) is 1. The maximum Gasteiger partial charge on any atom is 0.0524 e. The monoisotopic (exact) mass is 181 g/mol. The maximum atomic E-state index is 4.26. The zero-order valence-electron chi connectivity index (χ0n) is 8.75. The molecule has 0 saturated heterocycles. The van der Waals surface area contributed by atoms with Gasteiger partial charge in [-0.05, 0) is 38.4 Å². The van der Waals surface area contributed by atoms with Crippen LogP contribution >= 0.6 is 0 Å². The van der Waals surface area contributed by atoms with Gasteiger partial charge in [0.1, 0.15) is 0 Å². The van der Waals surface area contributed by atoms with Crippen molar-refractivity contribution in [2.45, 2.75) is 32.7 Å². The summed E-state index contributed by atoms with van der Waals surface area (Å²) < 4.78 is 1.98. The van der Waals surface area contributed by atoms with Gasteiger partial charge in [-0.2, -0.15) is 5.10 Å². The number of hydrogen-bond acceptors (Lipinski definition) is 2. The first-order chi connectivity index (χ1) is 6.27. The molecule has 0 aliphatic rings. The molecule has 1 heterocycles. The molecule has 0 aliphatic carbocycles. The van der Waals surface area contributed by atoms with Crippen molar-refractivity contribution in [1.82, 2.24) is 15.1 Å². The Hall–Kier alpha value is -0.830. The lowest BCUT2D eigenvalue weighted by atomic mass is 10.0. The van der Waals surface area contributed by atoms with Gasteiger partial charge in [0.15, 0.2) is 0 Å². The molecule has 0 fully saturated rings. The first-order valence-electron chi connectivity index (χ1n) is 4.94. The third-order valence-corrected chi connectivity index (χ3v) is 2.37. The van der Waals surface area contributed by atoms with Gasteiger partial charge in [-0.25, -0.2) is 0 Å². The molecule has 1 unspecified atom stereocenters. The van der Waals surface area contributed by atoms with Gasteiger partial charge in [-0.15, -0.1) is 0 Å². The molecule has 74 valence electrons. The highest BCUT2D eigenvalue weighted by Crippen LogP contribution is 2.17. The fraction of sp³-hybridized carbons (Fsp3) is 0.700. The Kier molecular flexibility index (Phi) is 3.96. The average molecular weight is 181 g/mol. The summed E-state index contributed by atoms with van der Waals surface area (Å²) >= 11 is 0. The summed E-state index contributed by atoms with van der Waals surface area (Å²) in [4.78, 5) is 0. The van der Waals surface area contributed by atoms with Crippen LogP contribution in [0.1, 0.15) is 31.7 Å². The molecular weight excluding hydrogens is 162 g/mol. The van der Waals surface area contributed by atoms with E-state index in [1.54, 1.807) is 0 Å². The van der Waals surface area contributed by atoms with Gasteiger partial charge in [0.05, 0.1) is 6.20 Å². The van der Waals surface area contributed by atoms with Crippen LogP contribution in [-0.4, -0.2) is 23.4 Å². The Morgan fingerprint density at radius 2 is 2.38 bits per heavy atom. The van der Waals surface area contributed by atoms with Gasteiger partial charge in [0.2, 0.25) is 0 Å². The molecule has 0 saturated carbocycles. The largest absolute Gasteiger partial charge is 0.320 e. The van der Waals surface area contributed by atoms with Crippen LogP contribution in [0.3, 0.4) is 0 Å². The number of nitrogens with zero attached hydrogens (tertiary/aromatic N) is 2. The van der Waals surface area contributed by atoms with Crippen LogP contribution in [0.2, 0.25) is 0 Å². The fourth-order valence-corrected chi connectivity index (χ4v) is 1.33. The lowest BCUT2D eigenvalue weighted by molar-refractivity contribution is 0.631. The topological polar surface area (TPSA) is 29.9 Å². The summed E-state index contributed by atoms with van der Waals surface area (Å²) in [5.41, 5.74) is 1.34. The van der Waals surface area contributed by atoms with Crippen LogP contribution < -0.4 is 5.32 Å². The minimum Gasteiger partial charge on any atom is -0.320 e. The quantitative estimate of drug-likeness (QED) is 0.748. The Morgan fingerprint density at radius 1 is 1.62 bits per heavy atom. The van der Waals surface area contributed by atoms with Crippen molar-refractivity contribution in [2.75, 3.05) is 13.6 Å². The van der Waals surface area contributed by atoms with E-state index >= 15 is 0 Å². The number of rotatable bonds is 5. The Balaban J connectivity index is 2.50. The number of nitrogens with one attached hydrogen (secondary N) is 1. The second kappa shape index (κ2) is 5.02. The van der Waals surface area contributed by atoms with Gasteiger partial charge in [-0.1, -0.05) is 6.92 Å². The van der Waals surface area contributed by atoms with Crippen molar-refractivity contribution in [2.24, 2.45) is 0 Å². The highest BCUT2D eigenvalue weighted by Gasteiger charge is 2.06. The van der Waals surface area contributed by atoms with Gasteiger partial charge in [-0.3, -0.25) is 4.68 Å². The molecule has 0 radical (unpaired) electrons. The van der Waals surface area contributed by atoms with Crippen molar-refractivity contribution in [3.63, 3.8) is 0 Å². The van der Waals surface area contributed by atoms with Crippen molar-refractivity contribution in [3.05, 3.63) is 18.0 Å². The maximum absolute atomic E-state index is 4.26. The summed E-state index contributed by atoms with van der Waals surface area (Å²) in [5, 5.41) is 7.42. The van der Waals surface area contributed by atoms with Crippen LogP contribution in [0.4, 0.5) is 0 Å². The summed E-state index contributed by atoms with van der Waals surface area (Å²) in [6, 6.07) is 0. The summed E-state index contributed by atoms with van der Waals surface area (Å²) in [7, 11) is 1.99. The molecule has 13 heavy (non-hydrogen) atoms. The van der Waals surface area contributed by atoms with E-state index in [1.165, 1.54) is 12.0 Å². The summed E-state index contributed by atoms with van der Waals surface area (Å²) in [6.45, 7) is 6.38. The average Bonchev–Trinajstić information content (AvgIpc) is 2.62. The van der Waals surface area contributed by atoms with E-state index < -0.39 is 0 Å². The molecule has 1 N–H and O–H groups in total. The Bertz CT molecular complexity index is 242. The van der Waals surface area contributed by atoms with E-state index in [9.17, 15) is 0 Å². The lowest BCUT2D eigenvalue weighted by Gasteiger charge is -2.07. The third-order valence-electron chi connectivity index (χ3n) is 2.37. The minimum atomic E-state index is 0.604. The van der Waals surface area contributed by atoms with Gasteiger partial charge in [0, 0.05) is 12.7 Å². The van der Waals surface area contributed by atoms with E-state index in [-0.39, 0.29) is 0 Å². The first-order valence-corrected chi connectivity index (χ1v) is 4.94. The van der Waals surface area contributed by atoms with Crippen molar-refractivity contribution in [3.8, 4) is 0 Å². The van der Waals surface area contributed by atoms with Gasteiger partial charge in [0.25, 0.3) is 0 Å². The normalized spacial score (nSPS) is 13.2. The van der Waals surface area contributed by atoms with E-state index in [0.717, 1.165) is 13.1 Å². The number of aromatic nitrogens is 2. The minimum absolute atomic E-state index is 0.604. The van der Waals surface area contributed by atoms with Crippen molar-refractivity contribution < 1.29 is 0 Å². The molecule has 0 aromatic carbocycles. The highest BCUT2D eigenvalue weighted by atomic mass is 15.3. The van der Waals surface area contributed by atoms with Crippen molar-refractivity contribution >= 4 is 0 Å². The molecule has 0 amide bonds. The molecule has 1 rings (SSSR count). The summed E-state index contributed by atoms with van der Waals surface area (Å²) in [6.07, 6.45) is 5.29. The van der Waals surface area contributed by atoms with Crippen LogP contribution in [0.5, 0.6) is 0 Å². The van der Waals surface area contributed by atoms with E-state index in [2.05, 4.69) is 30.5 Å². The summed E-state index contributed by atoms with van der Waals surface area (Å²) in [5.74, 6) is 0.604. The van der Waals surface area contributed by atoms with Crippen molar-refractivity contribution in [1.29, 1.82) is 0 Å². The predicted octanol–water partition coefficient (Wildman–Crippen LogP) is 1.62. The molecule has 3 heteroatoms. The molecule has 1 aromatic rings. The van der Waals surface area contributed by atoms with Crippen LogP contribution in [-0.2, 0) is 6.54 Å². The molecule has 1 aromatic heterocycles. The standard InChI is InChI=1S/C10H19N3/c1-4-13-8-10(7-12-13)9(2)5-6-11-3/h7-9,11H,4-6H2,1-3H3. The van der Waals surface area contributed by atoms with Crippen LogP contribution in [0.15, 0.2) is 12.4 Å². The van der Waals surface area contributed by atoms with E-state index in [0.29, 0.717) is 5.92 Å². The third kappa shape index (κ3) is 2.84. The van der Waals surface area contributed by atoms with E-state index in [1.807, 2.05) is 17.9 Å². The highest BCUT2D eigenvalue weighted by molar-refractivity contribution is 5.09. The van der Waals surface area contributed by atoms with Gasteiger partial charge >= 0.3 is 0 Å². The number of aryl methyl sites for hydroxylation is 1. The molecule has 1 atom stereocenters. The lowest BCUT2D eigenvalue weighted by Crippen LogP contribution is -2.10. The molecule has 3 nitrogen and oxygen atoms in total. The van der Waals surface area contributed by atoms with E-state index in [4.69, 9.17) is 0 Å². The second-order valence-electron chi connectivity index (χ2n) is 3.42. The zero-order chi connectivity index (χ0) is 9.68. The fourth-order valence-electron chi connectivity index (χ4n) is 1.33. The Morgan fingerprint density at radius 3 is 2.92 bits per heavy atom. The zero-order valence-corrected chi connectivity index (χ0v) is 8.75. The molecule has 0 aliphatic heterocycles. The first kappa shape index (κ1) is 10.3. The van der Waals surface area contributed by atoms with Gasteiger partial charge < -0.3 is 5.32 Å². The Labute approximate surface area is 80.1 Å². The molecule has 0 spiro atoms. The van der Waals surface area contributed by atoms with Crippen LogP contribution in [0, 0.1) is 0 Å². The smallest absolute Gasteiger partial charge is 0.0524 e.